The maximum atomic E-state index is 11.8. The van der Waals surface area contributed by atoms with E-state index in [0.717, 1.165) is 0 Å². The number of nitrogens with zero attached hydrogens (tertiary/aromatic N) is 1. The Balaban J connectivity index is 2.55. The molecule has 1 rings (SSSR count). The van der Waals surface area contributed by atoms with Gasteiger partial charge in [-0.15, -0.1) is 0 Å². The number of nitrogens with one attached hydrogen (secondary N) is 1. The number of benzene rings is 1. The zero-order valence-corrected chi connectivity index (χ0v) is 7.80. The Bertz CT molecular complexity index is 366. The van der Waals surface area contributed by atoms with Gasteiger partial charge in [0.1, 0.15) is 0 Å². The molecule has 5 heteroatoms. The number of hydrogen-bond acceptors (Lipinski definition) is 2. The van der Waals surface area contributed by atoms with Crippen molar-refractivity contribution in [2.45, 2.75) is 12.7 Å². The van der Waals surface area contributed by atoms with E-state index in [9.17, 15) is 13.2 Å². The normalized spacial score (nSPS) is 11.1. The van der Waals surface area contributed by atoms with E-state index in [1.54, 1.807) is 24.3 Å². The molecule has 0 aliphatic heterocycles. The molecule has 0 atom stereocenters. The Hall–Kier alpha value is -1.54. The van der Waals surface area contributed by atoms with Crippen LogP contribution in [0.2, 0.25) is 0 Å². The molecule has 0 radical (unpaired) electrons. The Labute approximate surface area is 85.3 Å². The largest absolute Gasteiger partial charge is 0.401 e. The molecule has 0 bridgehead atoms. The van der Waals surface area contributed by atoms with Crippen LogP contribution in [0.25, 0.3) is 0 Å². The molecule has 0 unspecified atom stereocenters. The van der Waals surface area contributed by atoms with Gasteiger partial charge in [0.2, 0.25) is 0 Å². The molecule has 0 aliphatic carbocycles. The second kappa shape index (κ2) is 4.80. The molecule has 1 aromatic carbocycles. The average molecular weight is 214 g/mol. The summed E-state index contributed by atoms with van der Waals surface area (Å²) in [6, 6.07) is 8.48. The molecule has 15 heavy (non-hydrogen) atoms. The van der Waals surface area contributed by atoms with Crippen molar-refractivity contribution in [1.29, 1.82) is 5.26 Å². The quantitative estimate of drug-likeness (QED) is 0.837. The van der Waals surface area contributed by atoms with Crippen molar-refractivity contribution in [3.8, 4) is 6.07 Å². The highest BCUT2D eigenvalue weighted by Crippen LogP contribution is 2.13. The molecule has 0 saturated heterocycles. The molecule has 80 valence electrons. The summed E-state index contributed by atoms with van der Waals surface area (Å²) in [5.74, 6) is 0. The fourth-order valence-electron chi connectivity index (χ4n) is 1.12. The third kappa shape index (κ3) is 4.00. The van der Waals surface area contributed by atoms with Crippen LogP contribution >= 0.6 is 0 Å². The maximum absolute atomic E-state index is 11.8. The van der Waals surface area contributed by atoms with Crippen LogP contribution in [-0.4, -0.2) is 12.7 Å². The Morgan fingerprint density at radius 3 is 2.53 bits per heavy atom. The minimum Gasteiger partial charge on any atom is -0.305 e. The molecule has 0 amide bonds. The second-order valence-corrected chi connectivity index (χ2v) is 2.99. The molecule has 0 heterocycles. The van der Waals surface area contributed by atoms with Gasteiger partial charge in [-0.3, -0.25) is 0 Å². The highest BCUT2D eigenvalue weighted by atomic mass is 19.4. The summed E-state index contributed by atoms with van der Waals surface area (Å²) in [5, 5.41) is 10.9. The fourth-order valence-corrected chi connectivity index (χ4v) is 1.12. The van der Waals surface area contributed by atoms with Crippen LogP contribution in [0.3, 0.4) is 0 Å². The third-order valence-electron chi connectivity index (χ3n) is 1.78. The highest BCUT2D eigenvalue weighted by Gasteiger charge is 2.26. The summed E-state index contributed by atoms with van der Waals surface area (Å²) < 4.78 is 35.4. The van der Waals surface area contributed by atoms with E-state index in [-0.39, 0.29) is 6.54 Å². The lowest BCUT2D eigenvalue weighted by Gasteiger charge is -2.08. The van der Waals surface area contributed by atoms with Gasteiger partial charge in [0.15, 0.2) is 0 Å². The van der Waals surface area contributed by atoms with Gasteiger partial charge in [0.05, 0.1) is 18.2 Å². The predicted molar refractivity (Wildman–Crippen MR) is 48.9 cm³/mol. The van der Waals surface area contributed by atoms with Crippen LogP contribution in [0.1, 0.15) is 11.1 Å². The number of halogens is 3. The van der Waals surface area contributed by atoms with Crippen molar-refractivity contribution < 1.29 is 13.2 Å². The Morgan fingerprint density at radius 2 is 1.93 bits per heavy atom. The second-order valence-electron chi connectivity index (χ2n) is 2.99. The first-order chi connectivity index (χ1) is 7.03. The van der Waals surface area contributed by atoms with E-state index in [2.05, 4.69) is 5.32 Å². The van der Waals surface area contributed by atoms with Gasteiger partial charge in [-0.1, -0.05) is 18.2 Å². The number of rotatable bonds is 3. The van der Waals surface area contributed by atoms with E-state index in [0.29, 0.717) is 11.1 Å². The van der Waals surface area contributed by atoms with Crippen molar-refractivity contribution in [3.05, 3.63) is 35.4 Å². The van der Waals surface area contributed by atoms with Crippen molar-refractivity contribution in [3.63, 3.8) is 0 Å². The zero-order valence-electron chi connectivity index (χ0n) is 7.80. The molecule has 1 aromatic rings. The van der Waals surface area contributed by atoms with E-state index < -0.39 is 12.7 Å². The van der Waals surface area contributed by atoms with Crippen LogP contribution in [-0.2, 0) is 6.54 Å². The van der Waals surface area contributed by atoms with Crippen molar-refractivity contribution >= 4 is 0 Å². The molecule has 2 nitrogen and oxygen atoms in total. The summed E-state index contributed by atoms with van der Waals surface area (Å²) in [4.78, 5) is 0. The van der Waals surface area contributed by atoms with Gasteiger partial charge in [-0.2, -0.15) is 18.4 Å². The van der Waals surface area contributed by atoms with E-state index in [1.165, 1.54) is 0 Å². The van der Waals surface area contributed by atoms with Crippen molar-refractivity contribution in [1.82, 2.24) is 5.32 Å². The molecule has 0 aliphatic rings. The number of alkyl halides is 3. The molecule has 0 fully saturated rings. The van der Waals surface area contributed by atoms with Gasteiger partial charge in [0, 0.05) is 6.54 Å². The lowest BCUT2D eigenvalue weighted by molar-refractivity contribution is -0.125. The molecular formula is C10H9F3N2. The van der Waals surface area contributed by atoms with Gasteiger partial charge < -0.3 is 5.32 Å². The highest BCUT2D eigenvalue weighted by molar-refractivity contribution is 5.37. The lowest BCUT2D eigenvalue weighted by atomic mass is 10.1. The molecular weight excluding hydrogens is 205 g/mol. The van der Waals surface area contributed by atoms with Crippen LogP contribution in [0, 0.1) is 11.3 Å². The minimum absolute atomic E-state index is 0.0449. The first-order valence-corrected chi connectivity index (χ1v) is 4.28. The average Bonchev–Trinajstić information content (AvgIpc) is 2.16. The van der Waals surface area contributed by atoms with E-state index in [1.807, 2.05) is 6.07 Å². The summed E-state index contributed by atoms with van der Waals surface area (Å²) in [6.07, 6.45) is -4.22. The monoisotopic (exact) mass is 214 g/mol. The van der Waals surface area contributed by atoms with Gasteiger partial charge in [-0.05, 0) is 11.6 Å². The first kappa shape index (κ1) is 11.5. The topological polar surface area (TPSA) is 35.8 Å². The summed E-state index contributed by atoms with van der Waals surface area (Å²) >= 11 is 0. The molecule has 0 saturated carbocycles. The maximum Gasteiger partial charge on any atom is 0.401 e. The van der Waals surface area contributed by atoms with Gasteiger partial charge in [0.25, 0.3) is 0 Å². The summed E-state index contributed by atoms with van der Waals surface area (Å²) in [5.41, 5.74) is 0.969. The third-order valence-corrected chi connectivity index (χ3v) is 1.78. The smallest absolute Gasteiger partial charge is 0.305 e. The van der Waals surface area contributed by atoms with Crippen LogP contribution in [0.15, 0.2) is 24.3 Å². The first-order valence-electron chi connectivity index (χ1n) is 4.28. The van der Waals surface area contributed by atoms with Gasteiger partial charge in [-0.25, -0.2) is 0 Å². The van der Waals surface area contributed by atoms with Crippen LogP contribution in [0.4, 0.5) is 13.2 Å². The molecule has 0 spiro atoms. The summed E-state index contributed by atoms with van der Waals surface area (Å²) in [6.45, 7) is -1.00. The Kier molecular flexibility index (Phi) is 3.69. The lowest BCUT2D eigenvalue weighted by Crippen LogP contribution is -2.28. The van der Waals surface area contributed by atoms with Crippen LogP contribution in [0.5, 0.6) is 0 Å². The van der Waals surface area contributed by atoms with E-state index in [4.69, 9.17) is 5.26 Å². The van der Waals surface area contributed by atoms with E-state index >= 15 is 0 Å². The Morgan fingerprint density at radius 1 is 1.27 bits per heavy atom. The number of nitriles is 1. The van der Waals surface area contributed by atoms with Gasteiger partial charge >= 0.3 is 6.18 Å². The van der Waals surface area contributed by atoms with Crippen molar-refractivity contribution in [2.75, 3.05) is 6.54 Å². The number of hydrogen-bond donors (Lipinski definition) is 1. The predicted octanol–water partition coefficient (Wildman–Crippen LogP) is 2.21. The standard InChI is InChI=1S/C10H9F3N2/c11-10(12,13)7-15-6-9-4-2-1-3-8(9)5-14/h1-4,15H,6-7H2. The minimum atomic E-state index is -4.22. The molecule has 1 N–H and O–H groups in total. The SMILES string of the molecule is N#Cc1ccccc1CNCC(F)(F)F. The van der Waals surface area contributed by atoms with Crippen LogP contribution < -0.4 is 5.32 Å². The molecule has 0 aromatic heterocycles. The van der Waals surface area contributed by atoms with Crippen molar-refractivity contribution in [2.24, 2.45) is 0 Å². The summed E-state index contributed by atoms with van der Waals surface area (Å²) in [7, 11) is 0. The fraction of sp³-hybridized carbons (Fsp3) is 0.300. The zero-order chi connectivity index (χ0) is 11.3.